The van der Waals surface area contributed by atoms with Crippen molar-refractivity contribution in [2.45, 2.75) is 38.1 Å². The third kappa shape index (κ3) is 3.15. The van der Waals surface area contributed by atoms with Crippen LogP contribution < -0.4 is 4.90 Å². The van der Waals surface area contributed by atoms with Crippen LogP contribution in [0, 0.1) is 0 Å². The number of anilines is 1. The molecule has 2 aliphatic heterocycles. The fraction of sp³-hybridized carbons (Fsp3) is 0.524. The van der Waals surface area contributed by atoms with Crippen molar-refractivity contribution in [2.24, 2.45) is 0 Å². The summed E-state index contributed by atoms with van der Waals surface area (Å²) in [5.74, 6) is 0. The maximum absolute atomic E-state index is 12.2. The fourth-order valence-corrected chi connectivity index (χ4v) is 5.39. The number of fused-ring (bicyclic) bond motifs is 1. The van der Waals surface area contributed by atoms with Crippen LogP contribution in [-0.2, 0) is 12.8 Å². The number of rotatable bonds is 3. The second kappa shape index (κ2) is 6.91. The molecule has 1 aromatic carbocycles. The molecule has 0 spiro atoms. The molecule has 142 valence electrons. The zero-order valence-electron chi connectivity index (χ0n) is 15.9. The van der Waals surface area contributed by atoms with Gasteiger partial charge in [-0.25, -0.2) is 9.78 Å². The van der Waals surface area contributed by atoms with E-state index in [2.05, 4.69) is 29.2 Å². The molecule has 3 aliphatic rings. The predicted octanol–water partition coefficient (Wildman–Crippen LogP) is 3.64. The number of nitrogens with zero attached hydrogens (tertiary/aromatic N) is 4. The molecule has 0 unspecified atom stereocenters. The lowest BCUT2D eigenvalue weighted by Gasteiger charge is -2.36. The molecule has 1 saturated heterocycles. The number of amides is 2. The Kier molecular flexibility index (Phi) is 4.40. The summed E-state index contributed by atoms with van der Waals surface area (Å²) in [6, 6.07) is 9.24. The number of benzene rings is 1. The van der Waals surface area contributed by atoms with E-state index in [-0.39, 0.29) is 6.03 Å². The molecule has 6 heteroatoms. The Balaban J connectivity index is 1.31. The van der Waals surface area contributed by atoms with Crippen LogP contribution in [0.2, 0.25) is 0 Å². The van der Waals surface area contributed by atoms with Gasteiger partial charge in [0.25, 0.3) is 0 Å². The molecule has 5 rings (SSSR count). The van der Waals surface area contributed by atoms with Crippen LogP contribution in [0.5, 0.6) is 0 Å². The van der Waals surface area contributed by atoms with E-state index >= 15 is 0 Å². The SMILES string of the molecule is CN1CCN(c2ccc(-c3nc4c(s3)CCN(C3CCC3)CC4)cc2)C1=O. The number of hydrogen-bond donors (Lipinski definition) is 0. The second-order valence-electron chi connectivity index (χ2n) is 7.91. The third-order valence-corrected chi connectivity index (χ3v) is 7.48. The third-order valence-electron chi connectivity index (χ3n) is 6.27. The number of urea groups is 1. The van der Waals surface area contributed by atoms with Crippen LogP contribution in [0.25, 0.3) is 10.6 Å². The molecule has 0 atom stereocenters. The van der Waals surface area contributed by atoms with Crippen molar-refractivity contribution in [1.82, 2.24) is 14.8 Å². The summed E-state index contributed by atoms with van der Waals surface area (Å²) < 4.78 is 0. The van der Waals surface area contributed by atoms with E-state index in [9.17, 15) is 4.79 Å². The lowest BCUT2D eigenvalue weighted by Crippen LogP contribution is -2.41. The normalized spacial score (nSPS) is 21.3. The van der Waals surface area contributed by atoms with Crippen molar-refractivity contribution in [3.8, 4) is 10.6 Å². The van der Waals surface area contributed by atoms with Gasteiger partial charge in [0.2, 0.25) is 0 Å². The first-order valence-corrected chi connectivity index (χ1v) is 10.9. The highest BCUT2D eigenvalue weighted by molar-refractivity contribution is 7.15. The minimum atomic E-state index is 0.0831. The summed E-state index contributed by atoms with van der Waals surface area (Å²) in [6.45, 7) is 3.89. The largest absolute Gasteiger partial charge is 0.326 e. The standard InChI is InChI=1S/C21H26N4OS/c1-23-13-14-25(21(23)26)17-7-5-15(6-8-17)20-22-18-9-11-24(16-3-2-4-16)12-10-19(18)27-20/h5-8,16H,2-4,9-14H2,1H3. The van der Waals surface area contributed by atoms with E-state index in [1.807, 2.05) is 23.3 Å². The van der Waals surface area contributed by atoms with E-state index < -0.39 is 0 Å². The Labute approximate surface area is 164 Å². The van der Waals surface area contributed by atoms with E-state index in [1.165, 1.54) is 36.4 Å². The van der Waals surface area contributed by atoms with Crippen molar-refractivity contribution in [2.75, 3.05) is 38.1 Å². The van der Waals surface area contributed by atoms with Gasteiger partial charge in [-0.1, -0.05) is 6.42 Å². The van der Waals surface area contributed by atoms with E-state index in [1.54, 1.807) is 4.90 Å². The number of thiazole rings is 1. The number of likely N-dealkylation sites (N-methyl/N-ethyl adjacent to an activating group) is 1. The Morgan fingerprint density at radius 1 is 1.04 bits per heavy atom. The molecule has 27 heavy (non-hydrogen) atoms. The van der Waals surface area contributed by atoms with E-state index in [0.717, 1.165) is 54.8 Å². The minimum Gasteiger partial charge on any atom is -0.326 e. The Hall–Kier alpha value is -1.92. The summed E-state index contributed by atoms with van der Waals surface area (Å²) in [7, 11) is 1.85. The lowest BCUT2D eigenvalue weighted by molar-refractivity contribution is 0.133. The molecule has 0 N–H and O–H groups in total. The molecular weight excluding hydrogens is 356 g/mol. The number of hydrogen-bond acceptors (Lipinski definition) is 4. The van der Waals surface area contributed by atoms with Gasteiger partial charge in [-0.2, -0.15) is 0 Å². The lowest BCUT2D eigenvalue weighted by atomic mass is 9.91. The summed E-state index contributed by atoms with van der Waals surface area (Å²) in [5, 5.41) is 1.12. The van der Waals surface area contributed by atoms with E-state index in [0.29, 0.717) is 0 Å². The van der Waals surface area contributed by atoms with Gasteiger partial charge in [-0.05, 0) is 43.5 Å². The van der Waals surface area contributed by atoms with E-state index in [4.69, 9.17) is 4.98 Å². The van der Waals surface area contributed by atoms with Gasteiger partial charge in [0.1, 0.15) is 5.01 Å². The monoisotopic (exact) mass is 382 g/mol. The number of carbonyl (C=O) groups is 1. The van der Waals surface area contributed by atoms with Crippen molar-refractivity contribution >= 4 is 23.1 Å². The minimum absolute atomic E-state index is 0.0831. The summed E-state index contributed by atoms with van der Waals surface area (Å²) in [6.07, 6.45) is 6.38. The zero-order valence-corrected chi connectivity index (χ0v) is 16.7. The van der Waals surface area contributed by atoms with Crippen molar-refractivity contribution in [3.05, 3.63) is 34.8 Å². The molecule has 2 aromatic rings. The van der Waals surface area contributed by atoms with Crippen molar-refractivity contribution < 1.29 is 4.79 Å². The molecule has 3 heterocycles. The first-order valence-electron chi connectivity index (χ1n) is 10.0. The van der Waals surface area contributed by atoms with Crippen LogP contribution in [0.15, 0.2) is 24.3 Å². The zero-order chi connectivity index (χ0) is 18.4. The molecule has 1 aromatic heterocycles. The van der Waals surface area contributed by atoms with Gasteiger partial charge in [-0.15, -0.1) is 11.3 Å². The van der Waals surface area contributed by atoms with Gasteiger partial charge < -0.3 is 4.90 Å². The van der Waals surface area contributed by atoms with Crippen LogP contribution in [0.3, 0.4) is 0 Å². The Morgan fingerprint density at radius 2 is 1.81 bits per heavy atom. The summed E-state index contributed by atoms with van der Waals surface area (Å²) in [5.41, 5.74) is 3.44. The van der Waals surface area contributed by atoms with Gasteiger partial charge in [0, 0.05) is 61.8 Å². The van der Waals surface area contributed by atoms with Crippen LogP contribution in [0.4, 0.5) is 10.5 Å². The molecule has 0 bridgehead atoms. The first kappa shape index (κ1) is 17.2. The maximum Gasteiger partial charge on any atom is 0.324 e. The molecule has 1 saturated carbocycles. The van der Waals surface area contributed by atoms with Gasteiger partial charge in [-0.3, -0.25) is 9.80 Å². The summed E-state index contributed by atoms with van der Waals surface area (Å²) >= 11 is 1.85. The van der Waals surface area contributed by atoms with Gasteiger partial charge >= 0.3 is 6.03 Å². The number of carbonyl (C=O) groups excluding carboxylic acids is 1. The quantitative estimate of drug-likeness (QED) is 0.814. The topological polar surface area (TPSA) is 39.7 Å². The maximum atomic E-state index is 12.2. The highest BCUT2D eigenvalue weighted by Crippen LogP contribution is 2.33. The van der Waals surface area contributed by atoms with Gasteiger partial charge in [0.05, 0.1) is 5.69 Å². The van der Waals surface area contributed by atoms with Crippen molar-refractivity contribution in [3.63, 3.8) is 0 Å². The van der Waals surface area contributed by atoms with Crippen LogP contribution >= 0.6 is 11.3 Å². The summed E-state index contributed by atoms with van der Waals surface area (Å²) in [4.78, 5) is 24.9. The average Bonchev–Trinajstić information content (AvgIpc) is 3.14. The van der Waals surface area contributed by atoms with Crippen LogP contribution in [-0.4, -0.2) is 60.1 Å². The Morgan fingerprint density at radius 3 is 2.48 bits per heavy atom. The first-order chi connectivity index (χ1) is 13.2. The molecule has 2 fully saturated rings. The molecule has 2 amide bonds. The molecule has 1 aliphatic carbocycles. The fourth-order valence-electron chi connectivity index (χ4n) is 4.29. The molecule has 5 nitrogen and oxygen atoms in total. The van der Waals surface area contributed by atoms with Crippen LogP contribution in [0.1, 0.15) is 29.8 Å². The Bertz CT molecular complexity index is 817. The smallest absolute Gasteiger partial charge is 0.324 e. The second-order valence-corrected chi connectivity index (χ2v) is 9.00. The predicted molar refractivity (Wildman–Crippen MR) is 110 cm³/mol. The van der Waals surface area contributed by atoms with Crippen molar-refractivity contribution in [1.29, 1.82) is 0 Å². The molecule has 0 radical (unpaired) electrons. The van der Waals surface area contributed by atoms with Gasteiger partial charge in [0.15, 0.2) is 0 Å². The molecular formula is C21H26N4OS. The number of aromatic nitrogens is 1. The highest BCUT2D eigenvalue weighted by atomic mass is 32.1. The highest BCUT2D eigenvalue weighted by Gasteiger charge is 2.28. The average molecular weight is 383 g/mol.